The Hall–Kier alpha value is 1.04. The molecule has 0 saturated carbocycles. The smallest absolute Gasteiger partial charge is 0 e. The van der Waals surface area contributed by atoms with Gasteiger partial charge in [0.15, 0.2) is 0 Å². The average molecular weight is 389 g/mol. The molecule has 0 heterocycles. The average Bonchev–Trinajstić information content (AvgIpc) is 1.12. The van der Waals surface area contributed by atoms with Crippen LogP contribution in [0.25, 0.3) is 0 Å². The molecule has 0 saturated heterocycles. The van der Waals surface area contributed by atoms with Crippen molar-refractivity contribution >= 4 is 0 Å². The quantitative estimate of drug-likeness (QED) is 0.327. The van der Waals surface area contributed by atoms with Gasteiger partial charge in [-0.15, -0.1) is 0 Å². The van der Waals surface area contributed by atoms with Gasteiger partial charge >= 0.3 is 62.1 Å². The number of rotatable bonds is 0. The topological polar surface area (TPSA) is 149 Å². The van der Waals surface area contributed by atoms with Gasteiger partial charge in [-0.05, 0) is 0 Å². The first-order valence-electron chi connectivity index (χ1n) is 1.40. The van der Waals surface area contributed by atoms with E-state index in [1.165, 1.54) is 0 Å². The summed E-state index contributed by atoms with van der Waals surface area (Å²) in [6.45, 7) is 0. The van der Waals surface area contributed by atoms with Crippen LogP contribution < -0.4 is 0 Å². The van der Waals surface area contributed by atoms with E-state index in [1.807, 2.05) is 0 Å². The standard InChI is InChI=1S/2Mo.4H2O.4O.Zn/h;;4*1H2;;;;;/q2*+2;;;;;;;;;/p-4. The predicted molar refractivity (Wildman–Crippen MR) is 11.6 cm³/mol. The second-order valence-corrected chi connectivity index (χ2v) is 5.30. The van der Waals surface area contributed by atoms with Gasteiger partial charge in [0.05, 0.1) is 0 Å². The Morgan fingerprint density at radius 2 is 0.636 bits per heavy atom. The van der Waals surface area contributed by atoms with E-state index >= 15 is 0 Å². The van der Waals surface area contributed by atoms with E-state index in [2.05, 4.69) is 0 Å². The summed E-state index contributed by atoms with van der Waals surface area (Å²) in [5, 5.41) is 0. The number of hydrogen-bond donors (Lipinski definition) is 4. The molecule has 0 amide bonds. The van der Waals surface area contributed by atoms with Crippen LogP contribution in [0.5, 0.6) is 0 Å². The minimum Gasteiger partial charge on any atom is 0 e. The van der Waals surface area contributed by atoms with Crippen molar-refractivity contribution in [3.8, 4) is 0 Å². The van der Waals surface area contributed by atoms with Crippen molar-refractivity contribution in [3.05, 3.63) is 0 Å². The van der Waals surface area contributed by atoms with Crippen LogP contribution in [0.15, 0.2) is 0 Å². The van der Waals surface area contributed by atoms with E-state index in [0.29, 0.717) is 0 Å². The molecule has 66 valence electrons. The summed E-state index contributed by atoms with van der Waals surface area (Å²) in [6, 6.07) is 0. The maximum atomic E-state index is 8.85. The third kappa shape index (κ3) is 834. The Morgan fingerprint density at radius 1 is 0.636 bits per heavy atom. The van der Waals surface area contributed by atoms with E-state index in [1.54, 1.807) is 0 Å². The van der Waals surface area contributed by atoms with Crippen LogP contribution in [0.4, 0.5) is 0 Å². The third-order valence-corrected chi connectivity index (χ3v) is 0. The monoisotopic (exact) mass is 392 g/mol. The molecular formula is H4Mo2O8Zn. The van der Waals surface area contributed by atoms with Crippen LogP contribution in [0.1, 0.15) is 0 Å². The van der Waals surface area contributed by atoms with E-state index in [0.717, 1.165) is 0 Å². The number of hydrogen-bond acceptors (Lipinski definition) is 4. The molecule has 0 spiro atoms. The zero-order valence-electron chi connectivity index (χ0n) is 4.95. The largest absolute Gasteiger partial charge is 0 e. The molecule has 4 N–H and O–H groups in total. The molecule has 0 aliphatic carbocycles. The summed E-state index contributed by atoms with van der Waals surface area (Å²) in [7, 11) is 0. The van der Waals surface area contributed by atoms with E-state index in [4.69, 9.17) is 28.6 Å². The van der Waals surface area contributed by atoms with Gasteiger partial charge in [-0.25, -0.2) is 0 Å². The van der Waals surface area contributed by atoms with Crippen molar-refractivity contribution in [1.29, 1.82) is 0 Å². The molecule has 0 aromatic rings. The summed E-state index contributed by atoms with van der Waals surface area (Å²) in [5.74, 6) is 0. The molecule has 8 nitrogen and oxygen atoms in total. The van der Waals surface area contributed by atoms with Gasteiger partial charge < -0.3 is 0 Å². The molecule has 0 bridgehead atoms. The minimum atomic E-state index is -5.52. The molecule has 0 aliphatic rings. The Balaban J connectivity index is -0.000000107. The van der Waals surface area contributed by atoms with Gasteiger partial charge in [-0.3, -0.25) is 0 Å². The Labute approximate surface area is 81.1 Å². The maximum absolute atomic E-state index is 8.85. The van der Waals surface area contributed by atoms with Gasteiger partial charge in [0.25, 0.3) is 0 Å². The summed E-state index contributed by atoms with van der Waals surface area (Å²) >= 11 is -11.0. The minimum absolute atomic E-state index is 0. The molecule has 11 heavy (non-hydrogen) atoms. The maximum Gasteiger partial charge on any atom is 0 e. The molecule has 0 aromatic carbocycles. The van der Waals surface area contributed by atoms with Gasteiger partial charge in [0, 0.05) is 19.5 Å². The zero-order valence-corrected chi connectivity index (χ0v) is 11.9. The summed E-state index contributed by atoms with van der Waals surface area (Å²) in [4.78, 5) is 0. The van der Waals surface area contributed by atoms with E-state index in [-0.39, 0.29) is 19.5 Å². The van der Waals surface area contributed by atoms with Crippen molar-refractivity contribution in [2.75, 3.05) is 0 Å². The van der Waals surface area contributed by atoms with Gasteiger partial charge in [0.2, 0.25) is 0 Å². The molecule has 0 fully saturated rings. The first-order valence-corrected chi connectivity index (χ1v) is 8.26. The van der Waals surface area contributed by atoms with E-state index in [9.17, 15) is 0 Å². The fourth-order valence-electron chi connectivity index (χ4n) is 0. The zero-order chi connectivity index (χ0) is 9.00. The second-order valence-electron chi connectivity index (χ2n) is 0.896. The second kappa shape index (κ2) is 6.54. The fraction of sp³-hybridized carbons (Fsp3) is 0. The van der Waals surface area contributed by atoms with Crippen LogP contribution in [0.3, 0.4) is 0 Å². The van der Waals surface area contributed by atoms with Crippen molar-refractivity contribution < 1.29 is 81.6 Å². The third-order valence-electron chi connectivity index (χ3n) is 0. The molecule has 0 aliphatic heterocycles. The molecule has 0 unspecified atom stereocenters. The molecule has 0 atom stereocenters. The summed E-state index contributed by atoms with van der Waals surface area (Å²) in [6.07, 6.45) is 0. The Kier molecular flexibility index (Phi) is 10.7. The first-order chi connectivity index (χ1) is 4.00. The fourth-order valence-corrected chi connectivity index (χ4v) is 0. The molecule has 11 heteroatoms. The SMILES string of the molecule is [O]=[Mo](=[O])([OH])[OH].[O]=[Mo](=[O])([OH])[OH].[Zn]. The Morgan fingerprint density at radius 3 is 0.636 bits per heavy atom. The summed E-state index contributed by atoms with van der Waals surface area (Å²) < 4.78 is 64.0. The van der Waals surface area contributed by atoms with Gasteiger partial charge in [-0.1, -0.05) is 0 Å². The van der Waals surface area contributed by atoms with Gasteiger partial charge in [-0.2, -0.15) is 0 Å². The first kappa shape index (κ1) is 18.0. The van der Waals surface area contributed by atoms with Crippen molar-refractivity contribution in [1.82, 2.24) is 0 Å². The predicted octanol–water partition coefficient (Wildman–Crippen LogP) is -2.71. The van der Waals surface area contributed by atoms with Crippen molar-refractivity contribution in [3.63, 3.8) is 0 Å². The molecule has 0 aromatic heterocycles. The Bertz CT molecular complexity index is 208. The molecule has 0 radical (unpaired) electrons. The van der Waals surface area contributed by atoms with Crippen LogP contribution in [-0.4, -0.2) is 15.0 Å². The van der Waals surface area contributed by atoms with E-state index < -0.39 is 33.5 Å². The normalized spacial score (nSPS) is 10.5. The summed E-state index contributed by atoms with van der Waals surface area (Å²) in [5.41, 5.74) is 0. The molecule has 0 rings (SSSR count). The van der Waals surface area contributed by atoms with Gasteiger partial charge in [0.1, 0.15) is 0 Å². The van der Waals surface area contributed by atoms with Crippen LogP contribution >= 0.6 is 0 Å². The van der Waals surface area contributed by atoms with Crippen LogP contribution in [0.2, 0.25) is 0 Å². The van der Waals surface area contributed by atoms with Crippen molar-refractivity contribution in [2.24, 2.45) is 0 Å². The van der Waals surface area contributed by atoms with Crippen LogP contribution in [0, 0.1) is 0 Å². The van der Waals surface area contributed by atoms with Crippen molar-refractivity contribution in [2.45, 2.75) is 0 Å². The molecular weight excluding hydrogens is 385 g/mol. The van der Waals surface area contributed by atoms with Crippen LogP contribution in [-0.2, 0) is 66.6 Å².